The van der Waals surface area contributed by atoms with Crippen LogP contribution < -0.4 is 5.73 Å². The van der Waals surface area contributed by atoms with E-state index in [0.29, 0.717) is 13.1 Å². The van der Waals surface area contributed by atoms with Gasteiger partial charge >= 0.3 is 0 Å². The number of aliphatic hydroxyl groups excluding tert-OH is 2. The summed E-state index contributed by atoms with van der Waals surface area (Å²) in [6.07, 6.45) is 0. The molecule has 0 aliphatic carbocycles. The zero-order valence-electron chi connectivity index (χ0n) is 10.6. The van der Waals surface area contributed by atoms with Crippen molar-refractivity contribution in [1.29, 1.82) is 0 Å². The number of nitrogens with two attached hydrogens (primary N) is 1. The number of halogens is 1. The lowest BCUT2D eigenvalue weighted by Crippen LogP contribution is -2.42. The summed E-state index contributed by atoms with van der Waals surface area (Å²) < 4.78 is 0.999. The predicted molar refractivity (Wildman–Crippen MR) is 76.3 cm³/mol. The lowest BCUT2D eigenvalue weighted by Gasteiger charge is -2.33. The molecule has 2 unspecified atom stereocenters. The summed E-state index contributed by atoms with van der Waals surface area (Å²) in [4.78, 5) is 2.01. The molecule has 18 heavy (non-hydrogen) atoms. The second-order valence-electron chi connectivity index (χ2n) is 4.34. The molecule has 0 spiro atoms. The van der Waals surface area contributed by atoms with Gasteiger partial charge in [0.25, 0.3) is 0 Å². The molecule has 102 valence electrons. The maximum atomic E-state index is 9.12. The van der Waals surface area contributed by atoms with E-state index in [4.69, 9.17) is 15.9 Å². The Kier molecular flexibility index (Phi) is 6.81. The van der Waals surface area contributed by atoms with Crippen molar-refractivity contribution >= 4 is 15.9 Å². The lowest BCUT2D eigenvalue weighted by atomic mass is 9.99. The third kappa shape index (κ3) is 4.33. The Morgan fingerprint density at radius 1 is 1.28 bits per heavy atom. The van der Waals surface area contributed by atoms with Crippen molar-refractivity contribution in [1.82, 2.24) is 4.90 Å². The molecule has 0 aliphatic heterocycles. The highest BCUT2D eigenvalue weighted by Crippen LogP contribution is 2.25. The van der Waals surface area contributed by atoms with Gasteiger partial charge in [-0.2, -0.15) is 0 Å². The first kappa shape index (κ1) is 15.6. The van der Waals surface area contributed by atoms with Crippen molar-refractivity contribution < 1.29 is 10.2 Å². The summed E-state index contributed by atoms with van der Waals surface area (Å²) in [5.41, 5.74) is 7.14. The summed E-state index contributed by atoms with van der Waals surface area (Å²) >= 11 is 3.45. The van der Waals surface area contributed by atoms with Crippen LogP contribution in [0.1, 0.15) is 18.5 Å². The van der Waals surface area contributed by atoms with Gasteiger partial charge in [0.05, 0.1) is 13.2 Å². The largest absolute Gasteiger partial charge is 0.395 e. The van der Waals surface area contributed by atoms with Crippen LogP contribution in [-0.4, -0.2) is 47.5 Å². The first-order valence-electron chi connectivity index (χ1n) is 6.07. The van der Waals surface area contributed by atoms with Gasteiger partial charge in [0.1, 0.15) is 0 Å². The van der Waals surface area contributed by atoms with Crippen LogP contribution in [0.3, 0.4) is 0 Å². The number of hydrogen-bond donors (Lipinski definition) is 3. The predicted octanol–water partition coefficient (Wildman–Crippen LogP) is 1.12. The van der Waals surface area contributed by atoms with E-state index in [0.717, 1.165) is 10.0 Å². The zero-order chi connectivity index (χ0) is 13.5. The molecule has 0 bridgehead atoms. The van der Waals surface area contributed by atoms with Crippen LogP contribution in [0.2, 0.25) is 0 Å². The van der Waals surface area contributed by atoms with Crippen molar-refractivity contribution in [3.05, 3.63) is 34.3 Å². The van der Waals surface area contributed by atoms with Crippen LogP contribution in [0, 0.1) is 0 Å². The Hall–Kier alpha value is -0.460. The summed E-state index contributed by atoms with van der Waals surface area (Å²) in [5.74, 6) is 0. The van der Waals surface area contributed by atoms with Gasteiger partial charge in [-0.1, -0.05) is 28.1 Å². The Labute approximate surface area is 117 Å². The summed E-state index contributed by atoms with van der Waals surface area (Å²) in [7, 11) is 0. The minimum absolute atomic E-state index is 0.0122. The molecule has 0 fully saturated rings. The summed E-state index contributed by atoms with van der Waals surface area (Å²) in [6.45, 7) is 3.04. The van der Waals surface area contributed by atoms with E-state index in [1.807, 2.05) is 36.1 Å². The second kappa shape index (κ2) is 7.86. The Morgan fingerprint density at radius 3 is 2.33 bits per heavy atom. The summed E-state index contributed by atoms with van der Waals surface area (Å²) in [5, 5.41) is 18.2. The molecule has 1 aromatic rings. The molecule has 0 saturated carbocycles. The number of nitrogens with zero attached hydrogens (tertiary/aromatic N) is 1. The molecule has 0 aromatic heterocycles. The first-order valence-corrected chi connectivity index (χ1v) is 6.86. The van der Waals surface area contributed by atoms with Crippen LogP contribution in [0.4, 0.5) is 0 Å². The highest BCUT2D eigenvalue weighted by molar-refractivity contribution is 9.10. The monoisotopic (exact) mass is 316 g/mol. The van der Waals surface area contributed by atoms with Gasteiger partial charge < -0.3 is 15.9 Å². The third-order valence-corrected chi connectivity index (χ3v) is 3.35. The average Bonchev–Trinajstić information content (AvgIpc) is 2.29. The third-order valence-electron chi connectivity index (χ3n) is 2.86. The molecule has 4 nitrogen and oxygen atoms in total. The van der Waals surface area contributed by atoms with E-state index in [1.54, 1.807) is 0 Å². The average molecular weight is 317 g/mol. The van der Waals surface area contributed by atoms with Gasteiger partial charge in [0.2, 0.25) is 0 Å². The maximum Gasteiger partial charge on any atom is 0.0558 e. The van der Waals surface area contributed by atoms with Crippen LogP contribution in [0.25, 0.3) is 0 Å². The standard InChI is InChI=1S/C13H21BrN2O2/c1-10(15)13(16(5-7-17)6-8-18)11-3-2-4-12(14)9-11/h2-4,9-10,13,17-18H,5-8,15H2,1H3. The van der Waals surface area contributed by atoms with Crippen molar-refractivity contribution in [2.45, 2.75) is 19.0 Å². The SMILES string of the molecule is CC(N)C(c1cccc(Br)c1)N(CCO)CCO. The van der Waals surface area contributed by atoms with E-state index < -0.39 is 0 Å². The quantitative estimate of drug-likeness (QED) is 0.705. The molecule has 0 amide bonds. The smallest absolute Gasteiger partial charge is 0.0558 e. The molecular formula is C13H21BrN2O2. The van der Waals surface area contributed by atoms with E-state index in [2.05, 4.69) is 15.9 Å². The molecule has 1 aromatic carbocycles. The molecule has 2 atom stereocenters. The summed E-state index contributed by atoms with van der Waals surface area (Å²) in [6, 6.07) is 7.87. The van der Waals surface area contributed by atoms with Gasteiger partial charge in [-0.25, -0.2) is 0 Å². The lowest BCUT2D eigenvalue weighted by molar-refractivity contribution is 0.111. The molecule has 0 radical (unpaired) electrons. The number of rotatable bonds is 7. The maximum absolute atomic E-state index is 9.12. The normalized spacial score (nSPS) is 14.8. The number of hydrogen-bond acceptors (Lipinski definition) is 4. The molecule has 0 saturated heterocycles. The fourth-order valence-electron chi connectivity index (χ4n) is 2.18. The molecule has 1 rings (SSSR count). The number of aliphatic hydroxyl groups is 2. The topological polar surface area (TPSA) is 69.7 Å². The minimum atomic E-state index is -0.0857. The molecule has 5 heteroatoms. The van der Waals surface area contributed by atoms with Crippen molar-refractivity contribution in [2.24, 2.45) is 5.73 Å². The fraction of sp³-hybridized carbons (Fsp3) is 0.538. The van der Waals surface area contributed by atoms with Crippen molar-refractivity contribution in [2.75, 3.05) is 26.3 Å². The van der Waals surface area contributed by atoms with Crippen LogP contribution >= 0.6 is 15.9 Å². The first-order chi connectivity index (χ1) is 8.60. The van der Waals surface area contributed by atoms with Crippen LogP contribution in [0.5, 0.6) is 0 Å². The van der Waals surface area contributed by atoms with E-state index >= 15 is 0 Å². The van der Waals surface area contributed by atoms with Gasteiger partial charge in [0, 0.05) is 29.6 Å². The Bertz CT molecular complexity index is 355. The van der Waals surface area contributed by atoms with Crippen LogP contribution in [-0.2, 0) is 0 Å². The van der Waals surface area contributed by atoms with Gasteiger partial charge in [-0.15, -0.1) is 0 Å². The number of benzene rings is 1. The van der Waals surface area contributed by atoms with E-state index in [-0.39, 0.29) is 25.3 Å². The minimum Gasteiger partial charge on any atom is -0.395 e. The van der Waals surface area contributed by atoms with Gasteiger partial charge in [-0.3, -0.25) is 4.90 Å². The van der Waals surface area contributed by atoms with Crippen LogP contribution in [0.15, 0.2) is 28.7 Å². The fourth-order valence-corrected chi connectivity index (χ4v) is 2.60. The van der Waals surface area contributed by atoms with Crippen molar-refractivity contribution in [3.63, 3.8) is 0 Å². The van der Waals surface area contributed by atoms with Crippen molar-refractivity contribution in [3.8, 4) is 0 Å². The zero-order valence-corrected chi connectivity index (χ0v) is 12.2. The molecule has 4 N–H and O–H groups in total. The highest BCUT2D eigenvalue weighted by Gasteiger charge is 2.23. The molecule has 0 aliphatic rings. The Balaban J connectivity index is 2.99. The van der Waals surface area contributed by atoms with E-state index in [1.165, 1.54) is 0 Å². The molecule has 0 heterocycles. The van der Waals surface area contributed by atoms with Gasteiger partial charge in [0.15, 0.2) is 0 Å². The van der Waals surface area contributed by atoms with E-state index in [9.17, 15) is 0 Å². The van der Waals surface area contributed by atoms with Gasteiger partial charge in [-0.05, 0) is 24.6 Å². The Morgan fingerprint density at radius 2 is 1.89 bits per heavy atom. The molecular weight excluding hydrogens is 296 g/mol. The second-order valence-corrected chi connectivity index (χ2v) is 5.26. The highest BCUT2D eigenvalue weighted by atomic mass is 79.9.